The van der Waals surface area contributed by atoms with Crippen LogP contribution in [0.15, 0.2) is 29.3 Å². The van der Waals surface area contributed by atoms with Crippen molar-refractivity contribution >= 4 is 29.0 Å². The first kappa shape index (κ1) is 22.5. The molecule has 0 aliphatic rings. The van der Waals surface area contributed by atoms with E-state index in [2.05, 4.69) is 81.4 Å². The lowest BCUT2D eigenvalue weighted by Crippen LogP contribution is -2.57. The molecule has 4 heteroatoms. The molecule has 0 saturated carbocycles. The molecule has 1 aromatic carbocycles. The van der Waals surface area contributed by atoms with Gasteiger partial charge < -0.3 is 5.32 Å². The zero-order valence-electron chi connectivity index (χ0n) is 17.8. The highest BCUT2D eigenvalue weighted by Gasteiger charge is 2.43. The van der Waals surface area contributed by atoms with Gasteiger partial charge in [-0.1, -0.05) is 60.6 Å². The Morgan fingerprint density at radius 2 is 1.50 bits per heavy atom. The number of nitrogens with one attached hydrogen (secondary N) is 1. The summed E-state index contributed by atoms with van der Waals surface area (Å²) >= 11 is 4.66. The van der Waals surface area contributed by atoms with Crippen LogP contribution in [0.3, 0.4) is 0 Å². The summed E-state index contributed by atoms with van der Waals surface area (Å²) in [7, 11) is 0. The second kappa shape index (κ2) is 7.62. The molecule has 26 heavy (non-hydrogen) atoms. The molecule has 1 N–H and O–H groups in total. The lowest BCUT2D eigenvalue weighted by atomic mass is 9.63. The lowest BCUT2D eigenvalue weighted by molar-refractivity contribution is -0.131. The molecule has 0 aliphatic heterocycles. The van der Waals surface area contributed by atoms with Crippen LogP contribution < -0.4 is 5.32 Å². The smallest absolute Gasteiger partial charge is 0.225 e. The minimum absolute atomic E-state index is 0.0485. The van der Waals surface area contributed by atoms with Crippen molar-refractivity contribution in [3.63, 3.8) is 0 Å². The van der Waals surface area contributed by atoms with Crippen LogP contribution in [0.2, 0.25) is 0 Å². The van der Waals surface area contributed by atoms with Gasteiger partial charge in [-0.2, -0.15) is 4.99 Å². The summed E-state index contributed by atoms with van der Waals surface area (Å²) < 4.78 is 0. The summed E-state index contributed by atoms with van der Waals surface area (Å²) in [6, 6.07) is 8.14. The quantitative estimate of drug-likeness (QED) is 0.486. The Kier molecular flexibility index (Phi) is 6.60. The fourth-order valence-corrected chi connectivity index (χ4v) is 3.21. The Morgan fingerprint density at radius 3 is 1.92 bits per heavy atom. The summed E-state index contributed by atoms with van der Waals surface area (Å²) in [5.41, 5.74) is 1.16. The normalized spacial score (nSPS) is 13.1. The second-order valence-corrected chi connectivity index (χ2v) is 10.2. The molecule has 144 valence electrons. The van der Waals surface area contributed by atoms with E-state index in [0.717, 1.165) is 12.1 Å². The zero-order chi connectivity index (χ0) is 20.4. The number of carbonyl (C=O) groups excluding carboxylic acids is 1. The van der Waals surface area contributed by atoms with Gasteiger partial charge in [0.25, 0.3) is 0 Å². The molecular formula is C22H34N2OS. The summed E-state index contributed by atoms with van der Waals surface area (Å²) in [5, 5.41) is 5.66. The Bertz CT molecular complexity index is 688. The van der Waals surface area contributed by atoms with Crippen LogP contribution in [0.1, 0.15) is 74.3 Å². The van der Waals surface area contributed by atoms with Crippen molar-refractivity contribution in [3.8, 4) is 0 Å². The maximum Gasteiger partial charge on any atom is 0.225 e. The molecule has 0 saturated heterocycles. The molecule has 0 bridgehead atoms. The van der Waals surface area contributed by atoms with Gasteiger partial charge in [0.15, 0.2) is 0 Å². The number of thiocarbonyl (C=S) groups is 1. The minimum atomic E-state index is -0.402. The number of carbonyl (C=O) groups is 1. The number of amides is 1. The van der Waals surface area contributed by atoms with Crippen LogP contribution in [0.25, 0.3) is 0 Å². The van der Waals surface area contributed by atoms with E-state index in [0.29, 0.717) is 0 Å². The first-order chi connectivity index (χ1) is 11.6. The molecule has 0 heterocycles. The van der Waals surface area contributed by atoms with Crippen LogP contribution in [0.5, 0.6) is 0 Å². The number of rotatable bonds is 6. The molecule has 0 aromatic heterocycles. The molecule has 1 aromatic rings. The van der Waals surface area contributed by atoms with E-state index in [1.54, 1.807) is 0 Å². The topological polar surface area (TPSA) is 41.5 Å². The first-order valence-electron chi connectivity index (χ1n) is 9.13. The fraction of sp³-hybridized carbons (Fsp3) is 0.636. The Hall–Kier alpha value is -1.51. The summed E-state index contributed by atoms with van der Waals surface area (Å²) in [5.74, 6) is 0.0794. The van der Waals surface area contributed by atoms with Crippen LogP contribution in [0, 0.1) is 10.8 Å². The minimum Gasteiger partial charge on any atom is -0.350 e. The molecule has 0 atom stereocenters. The molecular weight excluding hydrogens is 340 g/mol. The first-order valence-corrected chi connectivity index (χ1v) is 9.54. The molecule has 3 nitrogen and oxygen atoms in total. The van der Waals surface area contributed by atoms with Crippen LogP contribution in [-0.2, 0) is 10.2 Å². The predicted molar refractivity (Wildman–Crippen MR) is 114 cm³/mol. The van der Waals surface area contributed by atoms with E-state index in [-0.39, 0.29) is 22.3 Å². The van der Waals surface area contributed by atoms with Gasteiger partial charge in [0.1, 0.15) is 0 Å². The summed E-state index contributed by atoms with van der Waals surface area (Å²) in [6.07, 6.45) is 0.924. The number of benzene rings is 1. The average Bonchev–Trinajstić information content (AvgIpc) is 2.45. The van der Waals surface area contributed by atoms with Crippen molar-refractivity contribution in [2.75, 3.05) is 0 Å². The van der Waals surface area contributed by atoms with Crippen molar-refractivity contribution in [1.82, 2.24) is 5.32 Å². The number of hydrogen-bond acceptors (Lipinski definition) is 3. The number of aliphatic imine (C=N–C) groups is 1. The van der Waals surface area contributed by atoms with Crippen molar-refractivity contribution in [3.05, 3.63) is 29.8 Å². The van der Waals surface area contributed by atoms with Gasteiger partial charge >= 0.3 is 0 Å². The molecule has 1 amide bonds. The van der Waals surface area contributed by atoms with Gasteiger partial charge in [-0.15, -0.1) is 0 Å². The molecule has 0 radical (unpaired) electrons. The molecule has 1 rings (SSSR count). The van der Waals surface area contributed by atoms with E-state index in [4.69, 9.17) is 0 Å². The van der Waals surface area contributed by atoms with Gasteiger partial charge in [0.05, 0.1) is 10.8 Å². The maximum absolute atomic E-state index is 12.5. The molecule has 0 spiro atoms. The van der Waals surface area contributed by atoms with Crippen molar-refractivity contribution in [2.45, 2.75) is 79.7 Å². The van der Waals surface area contributed by atoms with E-state index in [1.807, 2.05) is 32.9 Å². The van der Waals surface area contributed by atoms with Crippen molar-refractivity contribution in [1.29, 1.82) is 0 Å². The highest BCUT2D eigenvalue weighted by atomic mass is 32.1. The summed E-state index contributed by atoms with van der Waals surface area (Å²) in [6.45, 7) is 19.0. The Morgan fingerprint density at radius 1 is 1.00 bits per heavy atom. The van der Waals surface area contributed by atoms with Crippen LogP contribution >= 0.6 is 12.2 Å². The average molecular weight is 375 g/mol. The SMILES string of the molecule is CC(C)(C)C(=O)NC(C)(C)C(C)(C)CC(C)(C)c1ccc(N=C=S)cc1. The standard InChI is InChI=1S/C22H34N2OS/c1-19(2,3)18(25)24-22(8,9)21(6,7)14-20(4,5)16-10-12-17(13-11-16)23-15-26/h10-13H,14H2,1-9H3,(H,24,25). The fourth-order valence-electron chi connectivity index (χ4n) is 3.11. The van der Waals surface area contributed by atoms with Gasteiger partial charge in [0, 0.05) is 11.0 Å². The third-order valence-electron chi connectivity index (χ3n) is 5.51. The van der Waals surface area contributed by atoms with Crippen molar-refractivity contribution in [2.24, 2.45) is 15.8 Å². The van der Waals surface area contributed by atoms with E-state index < -0.39 is 5.41 Å². The van der Waals surface area contributed by atoms with Crippen LogP contribution in [0.4, 0.5) is 5.69 Å². The van der Waals surface area contributed by atoms with Crippen molar-refractivity contribution < 1.29 is 4.79 Å². The second-order valence-electron chi connectivity index (χ2n) is 10.0. The zero-order valence-corrected chi connectivity index (χ0v) is 18.6. The number of nitrogens with zero attached hydrogens (tertiary/aromatic N) is 1. The largest absolute Gasteiger partial charge is 0.350 e. The lowest BCUT2D eigenvalue weighted by Gasteiger charge is -2.47. The molecule has 0 fully saturated rings. The molecule has 0 aliphatic carbocycles. The Labute approximate surface area is 164 Å². The van der Waals surface area contributed by atoms with E-state index in [9.17, 15) is 4.79 Å². The van der Waals surface area contributed by atoms with Gasteiger partial charge in [-0.25, -0.2) is 0 Å². The predicted octanol–water partition coefficient (Wildman–Crippen LogP) is 6.06. The van der Waals surface area contributed by atoms with Gasteiger partial charge in [-0.3, -0.25) is 4.79 Å². The number of hydrogen-bond donors (Lipinski definition) is 1. The van der Waals surface area contributed by atoms with Gasteiger partial charge in [0.2, 0.25) is 5.91 Å². The molecule has 0 unspecified atom stereocenters. The highest BCUT2D eigenvalue weighted by Crippen LogP contribution is 2.43. The van der Waals surface area contributed by atoms with E-state index >= 15 is 0 Å². The monoisotopic (exact) mass is 374 g/mol. The third kappa shape index (κ3) is 5.49. The summed E-state index contributed by atoms with van der Waals surface area (Å²) in [4.78, 5) is 16.5. The third-order valence-corrected chi connectivity index (χ3v) is 5.60. The highest BCUT2D eigenvalue weighted by molar-refractivity contribution is 7.78. The number of isothiocyanates is 1. The van der Waals surface area contributed by atoms with E-state index in [1.165, 1.54) is 5.56 Å². The Balaban J connectivity index is 3.04. The maximum atomic E-state index is 12.5. The van der Waals surface area contributed by atoms with Crippen LogP contribution in [-0.4, -0.2) is 16.6 Å². The van der Waals surface area contributed by atoms with Gasteiger partial charge in [-0.05, 0) is 61.0 Å².